The lowest BCUT2D eigenvalue weighted by atomic mass is 10.2. The van der Waals surface area contributed by atoms with Crippen LogP contribution in [-0.2, 0) is 16.2 Å². The second kappa shape index (κ2) is 11.0. The van der Waals surface area contributed by atoms with E-state index in [-0.39, 0.29) is 4.91 Å². The predicted molar refractivity (Wildman–Crippen MR) is 141 cm³/mol. The molecule has 0 spiro atoms. The standard InChI is InChI=1S/C27H21ClN2O6S/c28-19-6-4-17(5-7-19)16-36-21-3-1-2-18(12-21)13-24-26(32)30(27(33)37-24)15-25(31)29-20-8-9-22-23(14-20)35-11-10-34-22/h1-9,12-14H,10-11,15-16H2,(H,29,31)/b24-13+. The first-order valence-electron chi connectivity index (χ1n) is 11.4. The van der Waals surface area contributed by atoms with Gasteiger partial charge < -0.3 is 19.5 Å². The Labute approximate surface area is 222 Å². The number of thioether (sulfide) groups is 1. The molecule has 0 aliphatic carbocycles. The van der Waals surface area contributed by atoms with Crippen molar-refractivity contribution in [3.05, 3.63) is 87.8 Å². The molecule has 5 rings (SSSR count). The van der Waals surface area contributed by atoms with Crippen LogP contribution in [-0.4, -0.2) is 41.7 Å². The van der Waals surface area contributed by atoms with E-state index >= 15 is 0 Å². The van der Waals surface area contributed by atoms with Crippen LogP contribution in [0, 0.1) is 0 Å². The van der Waals surface area contributed by atoms with E-state index in [4.69, 9.17) is 25.8 Å². The van der Waals surface area contributed by atoms with Crippen molar-refractivity contribution in [2.24, 2.45) is 0 Å². The summed E-state index contributed by atoms with van der Waals surface area (Å²) in [6, 6.07) is 19.5. The van der Waals surface area contributed by atoms with E-state index in [0.29, 0.717) is 53.3 Å². The van der Waals surface area contributed by atoms with Crippen LogP contribution in [0.2, 0.25) is 5.02 Å². The average Bonchev–Trinajstić information content (AvgIpc) is 3.15. The van der Waals surface area contributed by atoms with Crippen molar-refractivity contribution in [2.75, 3.05) is 25.1 Å². The van der Waals surface area contributed by atoms with Crippen molar-refractivity contribution < 1.29 is 28.6 Å². The van der Waals surface area contributed by atoms with Gasteiger partial charge in [0.1, 0.15) is 32.1 Å². The van der Waals surface area contributed by atoms with Crippen LogP contribution in [0.15, 0.2) is 71.6 Å². The number of nitrogens with zero attached hydrogens (tertiary/aromatic N) is 1. The molecule has 0 aromatic heterocycles. The highest BCUT2D eigenvalue weighted by Gasteiger charge is 2.36. The molecule has 1 N–H and O–H groups in total. The number of hydrogen-bond donors (Lipinski definition) is 1. The number of carbonyl (C=O) groups is 3. The Balaban J connectivity index is 1.21. The molecule has 0 bridgehead atoms. The lowest BCUT2D eigenvalue weighted by Gasteiger charge is -2.19. The number of ether oxygens (including phenoxy) is 3. The van der Waals surface area contributed by atoms with E-state index in [0.717, 1.165) is 22.2 Å². The van der Waals surface area contributed by atoms with Gasteiger partial charge in [-0.1, -0.05) is 35.9 Å². The molecule has 0 unspecified atom stereocenters. The third kappa shape index (κ3) is 6.07. The van der Waals surface area contributed by atoms with Crippen LogP contribution in [0.5, 0.6) is 17.2 Å². The predicted octanol–water partition coefficient (Wildman–Crippen LogP) is 5.37. The smallest absolute Gasteiger partial charge is 0.294 e. The van der Waals surface area contributed by atoms with E-state index in [2.05, 4.69) is 5.32 Å². The van der Waals surface area contributed by atoms with Gasteiger partial charge in [0, 0.05) is 16.8 Å². The minimum Gasteiger partial charge on any atom is -0.489 e. The van der Waals surface area contributed by atoms with Gasteiger partial charge in [-0.25, -0.2) is 0 Å². The molecule has 1 fully saturated rings. The molecule has 3 aromatic carbocycles. The van der Waals surface area contributed by atoms with Gasteiger partial charge in [-0.3, -0.25) is 19.3 Å². The van der Waals surface area contributed by atoms with Gasteiger partial charge in [0.25, 0.3) is 11.1 Å². The quantitative estimate of drug-likeness (QED) is 0.406. The van der Waals surface area contributed by atoms with Crippen LogP contribution >= 0.6 is 23.4 Å². The molecule has 0 atom stereocenters. The first-order chi connectivity index (χ1) is 17.9. The number of imide groups is 1. The van der Waals surface area contributed by atoms with Crippen molar-refractivity contribution in [2.45, 2.75) is 6.61 Å². The Kier molecular flexibility index (Phi) is 7.34. The zero-order valence-electron chi connectivity index (χ0n) is 19.4. The summed E-state index contributed by atoms with van der Waals surface area (Å²) in [7, 11) is 0. The first kappa shape index (κ1) is 24.7. The zero-order chi connectivity index (χ0) is 25.8. The number of rotatable bonds is 7. The third-order valence-electron chi connectivity index (χ3n) is 5.48. The van der Waals surface area contributed by atoms with Crippen LogP contribution in [0.4, 0.5) is 10.5 Å². The molecule has 10 heteroatoms. The molecule has 37 heavy (non-hydrogen) atoms. The van der Waals surface area contributed by atoms with E-state index in [1.54, 1.807) is 60.7 Å². The van der Waals surface area contributed by atoms with Gasteiger partial charge >= 0.3 is 0 Å². The normalized spacial score (nSPS) is 15.7. The van der Waals surface area contributed by atoms with Crippen molar-refractivity contribution in [3.63, 3.8) is 0 Å². The Morgan fingerprint density at radius 3 is 2.62 bits per heavy atom. The molecule has 3 aromatic rings. The summed E-state index contributed by atoms with van der Waals surface area (Å²) in [5.74, 6) is 0.705. The molecule has 188 valence electrons. The number of anilines is 1. The minimum atomic E-state index is -0.528. The summed E-state index contributed by atoms with van der Waals surface area (Å²) in [4.78, 5) is 39.1. The monoisotopic (exact) mass is 536 g/mol. The molecule has 2 aliphatic heterocycles. The molecule has 2 heterocycles. The number of hydrogen-bond acceptors (Lipinski definition) is 7. The average molecular weight is 537 g/mol. The number of fused-ring (bicyclic) bond motifs is 1. The summed E-state index contributed by atoms with van der Waals surface area (Å²) in [6.45, 7) is 0.841. The molecule has 0 radical (unpaired) electrons. The molecule has 2 aliphatic rings. The lowest BCUT2D eigenvalue weighted by molar-refractivity contribution is -0.127. The number of amides is 3. The summed E-state index contributed by atoms with van der Waals surface area (Å²) < 4.78 is 16.8. The van der Waals surface area contributed by atoms with E-state index < -0.39 is 23.6 Å². The van der Waals surface area contributed by atoms with E-state index in [1.807, 2.05) is 12.1 Å². The summed E-state index contributed by atoms with van der Waals surface area (Å²) >= 11 is 6.70. The van der Waals surface area contributed by atoms with Gasteiger partial charge in [-0.2, -0.15) is 0 Å². The summed E-state index contributed by atoms with van der Waals surface area (Å²) in [6.07, 6.45) is 1.61. The number of benzene rings is 3. The lowest BCUT2D eigenvalue weighted by Crippen LogP contribution is -2.36. The highest BCUT2D eigenvalue weighted by molar-refractivity contribution is 8.18. The Morgan fingerprint density at radius 2 is 1.81 bits per heavy atom. The largest absolute Gasteiger partial charge is 0.489 e. The zero-order valence-corrected chi connectivity index (χ0v) is 21.0. The fourth-order valence-electron chi connectivity index (χ4n) is 3.69. The van der Waals surface area contributed by atoms with Gasteiger partial charge in [-0.05, 0) is 65.4 Å². The van der Waals surface area contributed by atoms with Crippen molar-refractivity contribution in [1.82, 2.24) is 4.90 Å². The fourth-order valence-corrected chi connectivity index (χ4v) is 4.66. The van der Waals surface area contributed by atoms with Gasteiger partial charge in [0.05, 0.1) is 4.91 Å². The Morgan fingerprint density at radius 1 is 1.03 bits per heavy atom. The third-order valence-corrected chi connectivity index (χ3v) is 6.64. The SMILES string of the molecule is O=C(CN1C(=O)S/C(=C/c2cccc(OCc3ccc(Cl)cc3)c2)C1=O)Nc1ccc2c(c1)OCCO2. The molecule has 8 nitrogen and oxygen atoms in total. The maximum atomic E-state index is 12.9. The van der Waals surface area contributed by atoms with Crippen molar-refractivity contribution >= 4 is 52.2 Å². The maximum Gasteiger partial charge on any atom is 0.294 e. The molecule has 0 saturated carbocycles. The van der Waals surface area contributed by atoms with Crippen molar-refractivity contribution in [1.29, 1.82) is 0 Å². The topological polar surface area (TPSA) is 94.2 Å². The van der Waals surface area contributed by atoms with Gasteiger partial charge in [0.15, 0.2) is 11.5 Å². The highest BCUT2D eigenvalue weighted by Crippen LogP contribution is 2.34. The van der Waals surface area contributed by atoms with Gasteiger partial charge in [0.2, 0.25) is 5.91 Å². The van der Waals surface area contributed by atoms with E-state index in [9.17, 15) is 14.4 Å². The van der Waals surface area contributed by atoms with E-state index in [1.165, 1.54) is 0 Å². The van der Waals surface area contributed by atoms with Crippen LogP contribution < -0.4 is 19.5 Å². The molecular formula is C27H21ClN2O6S. The minimum absolute atomic E-state index is 0.229. The summed E-state index contributed by atoms with van der Waals surface area (Å²) in [5.41, 5.74) is 2.14. The molecule has 3 amide bonds. The van der Waals surface area contributed by atoms with Crippen LogP contribution in [0.3, 0.4) is 0 Å². The fraction of sp³-hybridized carbons (Fsp3) is 0.148. The Bertz CT molecular complexity index is 1390. The maximum absolute atomic E-state index is 12.9. The second-order valence-corrected chi connectivity index (χ2v) is 9.59. The number of nitrogens with one attached hydrogen (secondary N) is 1. The second-order valence-electron chi connectivity index (χ2n) is 8.16. The van der Waals surface area contributed by atoms with Crippen molar-refractivity contribution in [3.8, 4) is 17.2 Å². The number of carbonyl (C=O) groups excluding carboxylic acids is 3. The van der Waals surface area contributed by atoms with Gasteiger partial charge in [-0.15, -0.1) is 0 Å². The first-order valence-corrected chi connectivity index (χ1v) is 12.6. The van der Waals surface area contributed by atoms with Crippen LogP contribution in [0.25, 0.3) is 6.08 Å². The summed E-state index contributed by atoms with van der Waals surface area (Å²) in [5, 5.41) is 2.83. The number of halogens is 1. The molecule has 1 saturated heterocycles. The van der Waals surface area contributed by atoms with Crippen LogP contribution in [0.1, 0.15) is 11.1 Å². The highest BCUT2D eigenvalue weighted by atomic mass is 35.5. The molecular weight excluding hydrogens is 516 g/mol. The Hall–Kier alpha value is -3.95.